The molecule has 9 heteroatoms. The van der Waals surface area contributed by atoms with E-state index in [2.05, 4.69) is 10.2 Å². The van der Waals surface area contributed by atoms with Crippen molar-refractivity contribution >= 4 is 21.6 Å². The second kappa shape index (κ2) is 9.91. The molecule has 1 heterocycles. The fourth-order valence-corrected chi connectivity index (χ4v) is 3.17. The van der Waals surface area contributed by atoms with E-state index in [9.17, 15) is 13.2 Å². The van der Waals surface area contributed by atoms with Crippen molar-refractivity contribution in [1.29, 1.82) is 0 Å². The Morgan fingerprint density at radius 3 is 2.52 bits per heavy atom. The van der Waals surface area contributed by atoms with Gasteiger partial charge in [-0.05, 0) is 44.2 Å². The van der Waals surface area contributed by atoms with Crippen molar-refractivity contribution in [2.45, 2.75) is 19.4 Å². The zero-order valence-electron chi connectivity index (χ0n) is 16.2. The predicted octanol–water partition coefficient (Wildman–Crippen LogP) is 0.688. The van der Waals surface area contributed by atoms with Crippen LogP contribution in [0, 0.1) is 0 Å². The number of anilines is 1. The zero-order valence-corrected chi connectivity index (χ0v) is 17.0. The maximum Gasteiger partial charge on any atom is 0.260 e. The molecule has 1 unspecified atom stereocenters. The average Bonchev–Trinajstić information content (AvgIpc) is 2.65. The maximum absolute atomic E-state index is 12.1. The molecular weight excluding hydrogens is 370 g/mol. The first kappa shape index (κ1) is 21.5. The van der Waals surface area contributed by atoms with E-state index in [1.54, 1.807) is 31.2 Å². The van der Waals surface area contributed by atoms with Crippen molar-refractivity contribution in [2.24, 2.45) is 0 Å². The lowest BCUT2D eigenvalue weighted by molar-refractivity contribution is -0.127. The molecule has 2 rings (SSSR count). The number of amides is 1. The minimum absolute atomic E-state index is 0.172. The number of sulfonamides is 1. The summed E-state index contributed by atoms with van der Waals surface area (Å²) in [6.07, 6.45) is 1.39. The van der Waals surface area contributed by atoms with Gasteiger partial charge in [0, 0.05) is 26.7 Å². The van der Waals surface area contributed by atoms with E-state index in [0.717, 1.165) is 45.5 Å². The van der Waals surface area contributed by atoms with Crippen LogP contribution in [0.3, 0.4) is 0 Å². The lowest BCUT2D eigenvalue weighted by Gasteiger charge is -2.26. The molecule has 0 aliphatic carbocycles. The number of rotatable bonds is 9. The van der Waals surface area contributed by atoms with Crippen LogP contribution >= 0.6 is 0 Å². The lowest BCUT2D eigenvalue weighted by atomic mass is 10.3. The monoisotopic (exact) mass is 399 g/mol. The highest BCUT2D eigenvalue weighted by Crippen LogP contribution is 2.21. The normalized spacial score (nSPS) is 16.6. The van der Waals surface area contributed by atoms with Crippen molar-refractivity contribution in [1.82, 2.24) is 10.2 Å². The summed E-state index contributed by atoms with van der Waals surface area (Å²) in [5, 5.41) is 2.88. The van der Waals surface area contributed by atoms with Crippen molar-refractivity contribution in [2.75, 3.05) is 57.0 Å². The Balaban J connectivity index is 1.73. The van der Waals surface area contributed by atoms with Crippen molar-refractivity contribution in [3.05, 3.63) is 24.3 Å². The quantitative estimate of drug-likeness (QED) is 0.615. The van der Waals surface area contributed by atoms with Gasteiger partial charge in [-0.15, -0.1) is 0 Å². The van der Waals surface area contributed by atoms with Crippen LogP contribution in [0.1, 0.15) is 13.3 Å². The molecule has 0 bridgehead atoms. The number of ether oxygens (including phenoxy) is 2. The first-order valence-corrected chi connectivity index (χ1v) is 10.9. The van der Waals surface area contributed by atoms with E-state index in [4.69, 9.17) is 9.47 Å². The van der Waals surface area contributed by atoms with E-state index < -0.39 is 16.1 Å². The van der Waals surface area contributed by atoms with Crippen LogP contribution in [0.2, 0.25) is 0 Å². The number of hydrogen-bond donors (Lipinski definition) is 1. The van der Waals surface area contributed by atoms with Crippen LogP contribution in [-0.2, 0) is 19.6 Å². The first-order valence-electron chi connectivity index (χ1n) is 9.06. The van der Waals surface area contributed by atoms with E-state index in [-0.39, 0.29) is 5.91 Å². The third-order valence-electron chi connectivity index (χ3n) is 4.43. The standard InChI is InChI=1S/C18H29N3O5S/c1-15(18(22)19-9-4-10-21-11-13-25-14-12-21)26-17-7-5-16(6-8-17)20(2)27(3,23)24/h5-8,15H,4,9-14H2,1-3H3,(H,19,22). The maximum atomic E-state index is 12.1. The molecule has 1 aliphatic rings. The van der Waals surface area contributed by atoms with E-state index in [0.29, 0.717) is 18.0 Å². The highest BCUT2D eigenvalue weighted by molar-refractivity contribution is 7.92. The first-order chi connectivity index (χ1) is 12.8. The summed E-state index contributed by atoms with van der Waals surface area (Å²) in [5.41, 5.74) is 0.532. The molecule has 0 spiro atoms. The molecule has 27 heavy (non-hydrogen) atoms. The molecule has 8 nitrogen and oxygen atoms in total. The fourth-order valence-electron chi connectivity index (χ4n) is 2.67. The number of carbonyl (C=O) groups is 1. The summed E-state index contributed by atoms with van der Waals surface area (Å²) >= 11 is 0. The Kier molecular flexibility index (Phi) is 7.88. The van der Waals surface area contributed by atoms with Crippen LogP contribution in [0.15, 0.2) is 24.3 Å². The molecule has 0 saturated carbocycles. The zero-order chi connectivity index (χ0) is 19.9. The van der Waals surface area contributed by atoms with Gasteiger partial charge in [0.15, 0.2) is 6.10 Å². The highest BCUT2D eigenvalue weighted by Gasteiger charge is 2.16. The van der Waals surface area contributed by atoms with Gasteiger partial charge in [0.1, 0.15) is 5.75 Å². The van der Waals surface area contributed by atoms with Gasteiger partial charge in [-0.1, -0.05) is 0 Å². The van der Waals surface area contributed by atoms with Gasteiger partial charge in [0.05, 0.1) is 25.2 Å². The van der Waals surface area contributed by atoms with Gasteiger partial charge < -0.3 is 14.8 Å². The summed E-state index contributed by atoms with van der Waals surface area (Å²) in [6, 6.07) is 6.59. The van der Waals surface area contributed by atoms with Crippen LogP contribution in [-0.4, -0.2) is 78.0 Å². The number of nitrogens with one attached hydrogen (secondary N) is 1. The summed E-state index contributed by atoms with van der Waals surface area (Å²) < 4.78 is 35.2. The van der Waals surface area contributed by atoms with Crippen LogP contribution in [0.5, 0.6) is 5.75 Å². The largest absolute Gasteiger partial charge is 0.481 e. The topological polar surface area (TPSA) is 88.2 Å². The average molecular weight is 400 g/mol. The molecule has 1 aromatic carbocycles. The fraction of sp³-hybridized carbons (Fsp3) is 0.611. The minimum Gasteiger partial charge on any atom is -0.481 e. The number of nitrogens with zero attached hydrogens (tertiary/aromatic N) is 2. The molecular formula is C18H29N3O5S. The summed E-state index contributed by atoms with van der Waals surface area (Å²) in [4.78, 5) is 14.5. The summed E-state index contributed by atoms with van der Waals surface area (Å²) in [7, 11) is -1.82. The Hall–Kier alpha value is -1.84. The van der Waals surface area contributed by atoms with Gasteiger partial charge in [-0.3, -0.25) is 14.0 Å². The smallest absolute Gasteiger partial charge is 0.260 e. The number of carbonyl (C=O) groups excluding carboxylic acids is 1. The third-order valence-corrected chi connectivity index (χ3v) is 5.64. The second-order valence-electron chi connectivity index (χ2n) is 6.58. The number of benzene rings is 1. The third kappa shape index (κ3) is 7.00. The number of morpholine rings is 1. The Morgan fingerprint density at radius 2 is 1.93 bits per heavy atom. The Labute approximate surface area is 161 Å². The van der Waals surface area contributed by atoms with Crippen LogP contribution < -0.4 is 14.4 Å². The summed E-state index contributed by atoms with van der Waals surface area (Å²) in [5.74, 6) is 0.339. The molecule has 1 aromatic rings. The highest BCUT2D eigenvalue weighted by atomic mass is 32.2. The van der Waals surface area contributed by atoms with E-state index in [1.165, 1.54) is 11.4 Å². The van der Waals surface area contributed by atoms with Gasteiger partial charge in [0.25, 0.3) is 5.91 Å². The van der Waals surface area contributed by atoms with Gasteiger partial charge >= 0.3 is 0 Å². The van der Waals surface area contributed by atoms with Gasteiger partial charge in [0.2, 0.25) is 10.0 Å². The van der Waals surface area contributed by atoms with Crippen LogP contribution in [0.4, 0.5) is 5.69 Å². The van der Waals surface area contributed by atoms with E-state index in [1.807, 2.05) is 0 Å². The van der Waals surface area contributed by atoms with Gasteiger partial charge in [-0.25, -0.2) is 8.42 Å². The molecule has 1 amide bonds. The second-order valence-corrected chi connectivity index (χ2v) is 8.60. The number of hydrogen-bond acceptors (Lipinski definition) is 6. The SMILES string of the molecule is CC(Oc1ccc(N(C)S(C)(=O)=O)cc1)C(=O)NCCCN1CCOCC1. The molecule has 1 fully saturated rings. The molecule has 0 radical (unpaired) electrons. The van der Waals surface area contributed by atoms with Gasteiger partial charge in [-0.2, -0.15) is 0 Å². The Morgan fingerprint density at radius 1 is 1.30 bits per heavy atom. The predicted molar refractivity (Wildman–Crippen MR) is 105 cm³/mol. The molecule has 1 saturated heterocycles. The molecule has 1 atom stereocenters. The van der Waals surface area contributed by atoms with Crippen molar-refractivity contribution in [3.63, 3.8) is 0 Å². The molecule has 1 aliphatic heterocycles. The van der Waals surface area contributed by atoms with Crippen LogP contribution in [0.25, 0.3) is 0 Å². The summed E-state index contributed by atoms with van der Waals surface area (Å²) in [6.45, 7) is 6.66. The lowest BCUT2D eigenvalue weighted by Crippen LogP contribution is -2.40. The molecule has 0 aromatic heterocycles. The van der Waals surface area contributed by atoms with E-state index >= 15 is 0 Å². The van der Waals surface area contributed by atoms with Crippen molar-refractivity contribution in [3.8, 4) is 5.75 Å². The minimum atomic E-state index is -3.31. The molecule has 152 valence electrons. The Bertz CT molecular complexity index is 702. The molecule has 1 N–H and O–H groups in total. The van der Waals surface area contributed by atoms with Crippen molar-refractivity contribution < 1.29 is 22.7 Å².